The van der Waals surface area contributed by atoms with Crippen LogP contribution >= 0.6 is 0 Å². The Morgan fingerprint density at radius 1 is 0.871 bits per heavy atom. The molecule has 0 unspecified atom stereocenters. The van der Waals surface area contributed by atoms with Crippen LogP contribution in [-0.2, 0) is 41.5 Å². The van der Waals surface area contributed by atoms with Crippen LogP contribution in [0.3, 0.4) is 0 Å². The zero-order chi connectivity index (χ0) is 21.7. The summed E-state index contributed by atoms with van der Waals surface area (Å²) in [6.45, 7) is 15.6. The first kappa shape index (κ1) is 30.1. The second-order valence-corrected chi connectivity index (χ2v) is 11.0. The van der Waals surface area contributed by atoms with Crippen molar-refractivity contribution in [2.75, 3.05) is 0 Å². The van der Waals surface area contributed by atoms with E-state index < -0.39 is 0 Å². The molecule has 0 aliphatic heterocycles. The predicted molar refractivity (Wildman–Crippen MR) is 125 cm³/mol. The molecule has 1 aliphatic rings. The molecule has 0 atom stereocenters. The average molecular weight is 533 g/mol. The van der Waals surface area contributed by atoms with E-state index in [9.17, 15) is 0 Å². The van der Waals surface area contributed by atoms with Gasteiger partial charge in [0.15, 0.2) is 0 Å². The third-order valence-electron chi connectivity index (χ3n) is 5.02. The average Bonchev–Trinajstić information content (AvgIpc) is 3.31. The SMILES string of the molecule is CC(C)(C)c1[c-]c2c(cc1)-c1ccc(C(C)(C)C)cc1C2.C[CH]=[Zr+2].[Cl-].[Cl-].c1cc[cH-]c1. The first-order valence-electron chi connectivity index (χ1n) is 10.4. The van der Waals surface area contributed by atoms with E-state index in [1.807, 2.05) is 37.3 Å². The summed E-state index contributed by atoms with van der Waals surface area (Å²) in [5, 5.41) is 0. The zero-order valence-electron chi connectivity index (χ0n) is 19.8. The minimum atomic E-state index is 0. The molecule has 4 rings (SSSR count). The van der Waals surface area contributed by atoms with Crippen molar-refractivity contribution in [3.05, 3.63) is 89.0 Å². The van der Waals surface area contributed by atoms with Gasteiger partial charge in [-0.25, -0.2) is 12.1 Å². The van der Waals surface area contributed by atoms with Gasteiger partial charge in [0.25, 0.3) is 0 Å². The van der Waals surface area contributed by atoms with Crippen LogP contribution in [0.15, 0.2) is 60.7 Å². The molecule has 3 aromatic rings. The second kappa shape index (κ2) is 13.0. The summed E-state index contributed by atoms with van der Waals surface area (Å²) >= 11 is 1.51. The number of benzene rings is 2. The smallest absolute Gasteiger partial charge is 0.172 e. The molecule has 0 radical (unpaired) electrons. The fraction of sp³-hybridized carbons (Fsp3) is 0.357. The molecular weight excluding hydrogens is 498 g/mol. The molecule has 1 aliphatic carbocycles. The fourth-order valence-corrected chi connectivity index (χ4v) is 3.35. The van der Waals surface area contributed by atoms with Gasteiger partial charge in [-0.15, -0.1) is 11.1 Å². The van der Waals surface area contributed by atoms with Gasteiger partial charge in [0.05, 0.1) is 0 Å². The van der Waals surface area contributed by atoms with E-state index >= 15 is 0 Å². The van der Waals surface area contributed by atoms with Crippen molar-refractivity contribution >= 4 is 3.71 Å². The van der Waals surface area contributed by atoms with Crippen LogP contribution in [-0.4, -0.2) is 3.71 Å². The van der Waals surface area contributed by atoms with E-state index in [-0.39, 0.29) is 35.6 Å². The Balaban J connectivity index is 0.000000769. The summed E-state index contributed by atoms with van der Waals surface area (Å²) < 4.78 is 2.09. The Kier molecular flexibility index (Phi) is 12.6. The van der Waals surface area contributed by atoms with Gasteiger partial charge in [-0.2, -0.15) is 42.0 Å². The maximum atomic E-state index is 3.67. The maximum Gasteiger partial charge on any atom is -0.172 e. The van der Waals surface area contributed by atoms with Gasteiger partial charge in [0.1, 0.15) is 0 Å². The molecule has 31 heavy (non-hydrogen) atoms. The van der Waals surface area contributed by atoms with Crippen molar-refractivity contribution in [3.8, 4) is 11.1 Å². The molecule has 0 aromatic heterocycles. The van der Waals surface area contributed by atoms with E-state index in [2.05, 4.69) is 81.6 Å². The monoisotopic (exact) mass is 530 g/mol. The molecule has 0 nitrogen and oxygen atoms in total. The molecule has 0 amide bonds. The number of fused-ring (bicyclic) bond motifs is 3. The van der Waals surface area contributed by atoms with Gasteiger partial charge in [-0.05, 0) is 28.4 Å². The van der Waals surface area contributed by atoms with E-state index in [0.29, 0.717) is 0 Å². The standard InChI is InChI=1S/C21H25.C5H5.C2H4.2ClH.Zr/c1-20(2,3)16-7-9-18-14(12-16)11-15-13-17(21(4,5)6)8-10-19(15)18;1-2-4-5-3-1;1-2;;;/h7-10,12H,11H2,1-6H3;1-5H;1H,2H3;2*1H;/q2*-1;;;;+2/p-2. The van der Waals surface area contributed by atoms with E-state index in [4.69, 9.17) is 0 Å². The number of halogens is 2. The van der Waals surface area contributed by atoms with Crippen LogP contribution in [0, 0.1) is 6.07 Å². The first-order chi connectivity index (χ1) is 13.6. The zero-order valence-corrected chi connectivity index (χ0v) is 23.8. The van der Waals surface area contributed by atoms with Gasteiger partial charge in [-0.1, -0.05) is 65.3 Å². The number of hydrogen-bond donors (Lipinski definition) is 0. The molecule has 0 bridgehead atoms. The summed E-state index contributed by atoms with van der Waals surface area (Å²) in [5.74, 6) is 0. The van der Waals surface area contributed by atoms with Crippen molar-refractivity contribution in [3.63, 3.8) is 0 Å². The molecule has 0 N–H and O–H groups in total. The molecule has 166 valence electrons. The van der Waals surface area contributed by atoms with Gasteiger partial charge in [0, 0.05) is 0 Å². The molecule has 0 spiro atoms. The van der Waals surface area contributed by atoms with Crippen LogP contribution in [0.25, 0.3) is 11.1 Å². The Labute approximate surface area is 217 Å². The molecule has 3 aromatic carbocycles. The Morgan fingerprint density at radius 2 is 1.42 bits per heavy atom. The number of hydrogen-bond acceptors (Lipinski definition) is 0. The maximum absolute atomic E-state index is 3.67. The van der Waals surface area contributed by atoms with Crippen LogP contribution in [0.2, 0.25) is 0 Å². The summed E-state index contributed by atoms with van der Waals surface area (Å²) in [5.41, 5.74) is 8.70. The minimum Gasteiger partial charge on any atom is -1.00 e. The molecule has 3 heteroatoms. The van der Waals surface area contributed by atoms with Gasteiger partial charge < -0.3 is 24.8 Å². The fourth-order valence-electron chi connectivity index (χ4n) is 3.35. The van der Waals surface area contributed by atoms with Crippen molar-refractivity contribution in [2.45, 2.75) is 65.7 Å². The van der Waals surface area contributed by atoms with E-state index in [1.165, 1.54) is 57.6 Å². The predicted octanol–water partition coefficient (Wildman–Crippen LogP) is 1.42. The van der Waals surface area contributed by atoms with Crippen LogP contribution in [0.5, 0.6) is 0 Å². The van der Waals surface area contributed by atoms with E-state index in [0.717, 1.165) is 6.42 Å². The Hall–Kier alpha value is -0.877. The van der Waals surface area contributed by atoms with Crippen molar-refractivity contribution in [2.24, 2.45) is 0 Å². The molecular formula is C28H34Cl2Zr-2. The molecule has 0 heterocycles. The second-order valence-electron chi connectivity index (χ2n) is 9.56. The molecule has 0 saturated heterocycles. The normalized spacial score (nSPS) is 11.3. The molecule has 0 fully saturated rings. The summed E-state index contributed by atoms with van der Waals surface area (Å²) in [4.78, 5) is 0. The van der Waals surface area contributed by atoms with Gasteiger partial charge >= 0.3 is 34.9 Å². The summed E-state index contributed by atoms with van der Waals surface area (Å²) in [6, 6.07) is 25.2. The number of rotatable bonds is 0. The minimum absolute atomic E-state index is 0. The van der Waals surface area contributed by atoms with Crippen LogP contribution < -0.4 is 24.8 Å². The van der Waals surface area contributed by atoms with Crippen LogP contribution in [0.4, 0.5) is 0 Å². The van der Waals surface area contributed by atoms with Crippen LogP contribution in [0.1, 0.15) is 70.7 Å². The van der Waals surface area contributed by atoms with Gasteiger partial charge in [0.2, 0.25) is 0 Å². The quantitative estimate of drug-likeness (QED) is 0.301. The van der Waals surface area contributed by atoms with Gasteiger partial charge in [-0.3, -0.25) is 0 Å². The summed E-state index contributed by atoms with van der Waals surface area (Å²) in [7, 11) is 0. The first-order valence-corrected chi connectivity index (χ1v) is 11.8. The Bertz CT molecular complexity index is 848. The Morgan fingerprint density at radius 3 is 1.87 bits per heavy atom. The van der Waals surface area contributed by atoms with Crippen molar-refractivity contribution in [1.29, 1.82) is 0 Å². The third kappa shape index (κ3) is 8.53. The van der Waals surface area contributed by atoms with Crippen molar-refractivity contribution in [1.82, 2.24) is 0 Å². The molecule has 0 saturated carbocycles. The van der Waals surface area contributed by atoms with Crippen molar-refractivity contribution < 1.29 is 49.0 Å². The third-order valence-corrected chi connectivity index (χ3v) is 5.02. The summed E-state index contributed by atoms with van der Waals surface area (Å²) in [6.07, 6.45) is 1.03. The largest absolute Gasteiger partial charge is 1.00 e. The van der Waals surface area contributed by atoms with E-state index in [1.54, 1.807) is 0 Å². The topological polar surface area (TPSA) is 0 Å².